The largest absolute Gasteiger partial charge is 0.504 e. The van der Waals surface area contributed by atoms with Gasteiger partial charge in [-0.2, -0.15) is 13.2 Å². The van der Waals surface area contributed by atoms with E-state index in [0.29, 0.717) is 0 Å². The van der Waals surface area contributed by atoms with Gasteiger partial charge < -0.3 is 5.11 Å². The standard InChI is InChI=1S/C3H2F3O/c4-3(5,6)1-2-7/h1,7H. The van der Waals surface area contributed by atoms with Crippen molar-refractivity contribution in [1.29, 1.82) is 0 Å². The predicted octanol–water partition coefficient (Wildman–Crippen LogP) is 1.42. The van der Waals surface area contributed by atoms with Gasteiger partial charge in [0.05, 0.1) is 6.08 Å². The van der Waals surface area contributed by atoms with Crippen LogP contribution in [0.5, 0.6) is 0 Å². The second kappa shape index (κ2) is 1.86. The first-order chi connectivity index (χ1) is 3.06. The van der Waals surface area contributed by atoms with Crippen molar-refractivity contribution in [2.75, 3.05) is 0 Å². The molecule has 0 atom stereocenters. The zero-order valence-corrected chi connectivity index (χ0v) is 3.16. The summed E-state index contributed by atoms with van der Waals surface area (Å²) in [6, 6.07) is 0. The summed E-state index contributed by atoms with van der Waals surface area (Å²) in [5.41, 5.74) is 0. The van der Waals surface area contributed by atoms with Gasteiger partial charge in [-0.25, -0.2) is 0 Å². The third-order valence-corrected chi connectivity index (χ3v) is 0.228. The fourth-order valence-corrected chi connectivity index (χ4v) is 0.0732. The Morgan fingerprint density at radius 3 is 1.86 bits per heavy atom. The van der Waals surface area contributed by atoms with Gasteiger partial charge in [0.15, 0.2) is 6.26 Å². The fraction of sp³-hybridized carbons (Fsp3) is 0.333. The molecule has 4 heteroatoms. The Morgan fingerprint density at radius 1 is 1.43 bits per heavy atom. The van der Waals surface area contributed by atoms with E-state index in [0.717, 1.165) is 6.26 Å². The molecule has 1 nitrogen and oxygen atoms in total. The molecule has 1 N–H and O–H groups in total. The summed E-state index contributed by atoms with van der Waals surface area (Å²) in [7, 11) is 0. The molecule has 0 rings (SSSR count). The van der Waals surface area contributed by atoms with Crippen molar-refractivity contribution >= 4 is 0 Å². The van der Waals surface area contributed by atoms with Crippen LogP contribution in [0.3, 0.4) is 0 Å². The van der Waals surface area contributed by atoms with E-state index >= 15 is 0 Å². The van der Waals surface area contributed by atoms with Crippen molar-refractivity contribution in [3.05, 3.63) is 12.3 Å². The molecular weight excluding hydrogens is 109 g/mol. The predicted molar refractivity (Wildman–Crippen MR) is 16.5 cm³/mol. The van der Waals surface area contributed by atoms with Crippen LogP contribution in [0.25, 0.3) is 0 Å². The van der Waals surface area contributed by atoms with E-state index in [-0.39, 0.29) is 6.08 Å². The SMILES string of the molecule is O/[C]=C/C(F)(F)F. The number of allylic oxidation sites excluding steroid dienone is 1. The van der Waals surface area contributed by atoms with Crippen LogP contribution in [0.1, 0.15) is 0 Å². The summed E-state index contributed by atoms with van der Waals surface area (Å²) in [6.45, 7) is 0. The van der Waals surface area contributed by atoms with E-state index in [1.165, 1.54) is 0 Å². The third-order valence-electron chi connectivity index (χ3n) is 0.228. The first-order valence-corrected chi connectivity index (χ1v) is 1.37. The molecule has 41 valence electrons. The number of aliphatic hydroxyl groups excluding tert-OH is 1. The highest BCUT2D eigenvalue weighted by molar-refractivity contribution is 4.75. The number of aliphatic hydroxyl groups is 1. The summed E-state index contributed by atoms with van der Waals surface area (Å²) < 4.78 is 32.3. The molecule has 0 fully saturated rings. The Morgan fingerprint density at radius 2 is 1.86 bits per heavy atom. The zero-order chi connectivity index (χ0) is 5.91. The van der Waals surface area contributed by atoms with Crippen LogP contribution in [0.2, 0.25) is 0 Å². The molecule has 0 aromatic heterocycles. The van der Waals surface area contributed by atoms with E-state index in [1.807, 2.05) is 0 Å². The Labute approximate surface area is 38.1 Å². The minimum Gasteiger partial charge on any atom is -0.504 e. The second-order valence-electron chi connectivity index (χ2n) is 0.815. The first-order valence-electron chi connectivity index (χ1n) is 1.37. The summed E-state index contributed by atoms with van der Waals surface area (Å²) in [5, 5.41) is 7.38. The van der Waals surface area contributed by atoms with Gasteiger partial charge in [0.2, 0.25) is 0 Å². The highest BCUT2D eigenvalue weighted by Crippen LogP contribution is 2.14. The molecule has 0 unspecified atom stereocenters. The van der Waals surface area contributed by atoms with Crippen LogP contribution in [0.15, 0.2) is 6.08 Å². The van der Waals surface area contributed by atoms with Crippen molar-refractivity contribution in [1.82, 2.24) is 0 Å². The average molecular weight is 111 g/mol. The molecule has 0 aliphatic rings. The normalized spacial score (nSPS) is 13.0. The first kappa shape index (κ1) is 6.33. The van der Waals surface area contributed by atoms with Crippen LogP contribution in [0.4, 0.5) is 13.2 Å². The lowest BCUT2D eigenvalue weighted by atomic mass is 10.6. The minimum absolute atomic E-state index is 0.382. The number of hydrogen-bond donors (Lipinski definition) is 1. The van der Waals surface area contributed by atoms with Gasteiger partial charge in [0.1, 0.15) is 0 Å². The molecule has 0 spiro atoms. The van der Waals surface area contributed by atoms with E-state index in [1.54, 1.807) is 0 Å². The molecule has 0 aromatic carbocycles. The molecule has 0 saturated carbocycles. The molecule has 0 saturated heterocycles. The van der Waals surface area contributed by atoms with Gasteiger partial charge in [0, 0.05) is 0 Å². The molecule has 0 amide bonds. The molecule has 1 radical (unpaired) electrons. The highest BCUT2D eigenvalue weighted by atomic mass is 19.4. The van der Waals surface area contributed by atoms with E-state index in [2.05, 4.69) is 0 Å². The van der Waals surface area contributed by atoms with Crippen LogP contribution in [-0.2, 0) is 0 Å². The number of halogens is 3. The molecule has 0 bridgehead atoms. The Balaban J connectivity index is 3.56. The fourth-order valence-electron chi connectivity index (χ4n) is 0.0732. The van der Waals surface area contributed by atoms with Crippen molar-refractivity contribution < 1.29 is 18.3 Å². The number of hydrogen-bond acceptors (Lipinski definition) is 1. The molecular formula is C3H2F3O. The van der Waals surface area contributed by atoms with Gasteiger partial charge in [-0.15, -0.1) is 0 Å². The smallest absolute Gasteiger partial charge is 0.413 e. The molecule has 0 aliphatic carbocycles. The lowest BCUT2D eigenvalue weighted by Crippen LogP contribution is -2.00. The second-order valence-corrected chi connectivity index (χ2v) is 0.815. The van der Waals surface area contributed by atoms with Crippen LogP contribution in [-0.4, -0.2) is 11.3 Å². The van der Waals surface area contributed by atoms with Crippen molar-refractivity contribution in [3.63, 3.8) is 0 Å². The van der Waals surface area contributed by atoms with Crippen LogP contribution in [0, 0.1) is 6.26 Å². The van der Waals surface area contributed by atoms with E-state index < -0.39 is 6.18 Å². The average Bonchev–Trinajstić information content (AvgIpc) is 1.30. The Kier molecular flexibility index (Phi) is 1.68. The number of rotatable bonds is 0. The van der Waals surface area contributed by atoms with Gasteiger partial charge in [-0.05, 0) is 0 Å². The van der Waals surface area contributed by atoms with Crippen molar-refractivity contribution in [2.24, 2.45) is 0 Å². The van der Waals surface area contributed by atoms with Crippen molar-refractivity contribution in [3.8, 4) is 0 Å². The summed E-state index contributed by atoms with van der Waals surface area (Å²) in [6.07, 6.45) is -3.96. The van der Waals surface area contributed by atoms with E-state index in [4.69, 9.17) is 5.11 Å². The maximum atomic E-state index is 10.8. The van der Waals surface area contributed by atoms with Gasteiger partial charge in [0.25, 0.3) is 0 Å². The lowest BCUT2D eigenvalue weighted by Gasteiger charge is -1.92. The summed E-state index contributed by atoms with van der Waals surface area (Å²) >= 11 is 0. The maximum Gasteiger partial charge on any atom is 0.413 e. The van der Waals surface area contributed by atoms with E-state index in [9.17, 15) is 13.2 Å². The lowest BCUT2D eigenvalue weighted by molar-refractivity contribution is -0.0817. The van der Waals surface area contributed by atoms with Crippen LogP contribution < -0.4 is 0 Å². The van der Waals surface area contributed by atoms with Gasteiger partial charge in [-0.1, -0.05) is 0 Å². The molecule has 0 aromatic rings. The minimum atomic E-state index is -4.44. The van der Waals surface area contributed by atoms with Crippen molar-refractivity contribution in [2.45, 2.75) is 6.18 Å². The maximum absolute atomic E-state index is 10.8. The van der Waals surface area contributed by atoms with Crippen LogP contribution >= 0.6 is 0 Å². The summed E-state index contributed by atoms with van der Waals surface area (Å²) in [5.74, 6) is 0. The molecule has 0 heterocycles. The Hall–Kier alpha value is -0.670. The quantitative estimate of drug-likeness (QED) is 0.468. The number of alkyl halides is 3. The summed E-state index contributed by atoms with van der Waals surface area (Å²) in [4.78, 5) is 0. The molecule has 0 aliphatic heterocycles. The Bertz CT molecular complexity index is 72.7. The third kappa shape index (κ3) is 5.33. The van der Waals surface area contributed by atoms with Gasteiger partial charge in [-0.3, -0.25) is 0 Å². The molecule has 7 heavy (non-hydrogen) atoms. The zero-order valence-electron chi connectivity index (χ0n) is 3.16. The topological polar surface area (TPSA) is 20.2 Å². The van der Waals surface area contributed by atoms with Gasteiger partial charge >= 0.3 is 6.18 Å². The monoisotopic (exact) mass is 111 g/mol. The highest BCUT2D eigenvalue weighted by Gasteiger charge is 2.22.